The van der Waals surface area contributed by atoms with Gasteiger partial charge >= 0.3 is 0 Å². The molecule has 2 N–H and O–H groups in total. The number of nitrogens with one attached hydrogen (secondary N) is 2. The number of carbonyl (C=O) groups excluding carboxylic acids is 4. The molecule has 0 fully saturated rings. The highest BCUT2D eigenvalue weighted by molar-refractivity contribution is 6.77. The number of halogens is 6. The molecule has 16 heteroatoms. The van der Waals surface area contributed by atoms with Gasteiger partial charge in [0.25, 0.3) is 19.4 Å². The van der Waals surface area contributed by atoms with Gasteiger partial charge in [0.1, 0.15) is 0 Å². The lowest BCUT2D eigenvalue weighted by Gasteiger charge is -2.19. The minimum Gasteiger partial charge on any atom is -0.293 e. The lowest BCUT2D eigenvalue weighted by Crippen LogP contribution is -2.39. The molecule has 0 rings (SSSR count). The third-order valence-electron chi connectivity index (χ3n) is 3.67. The van der Waals surface area contributed by atoms with Crippen molar-refractivity contribution in [2.24, 2.45) is 10.2 Å². The number of amides is 4. The van der Waals surface area contributed by atoms with Crippen LogP contribution in [0.4, 0.5) is 0 Å². The molecule has 0 aromatic carbocycles. The zero-order valence-corrected chi connectivity index (χ0v) is 21.1. The first kappa shape index (κ1) is 30.6. The maximum absolute atomic E-state index is 11.8. The normalized spacial score (nSPS) is 15.6. The maximum atomic E-state index is 11.8. The minimum absolute atomic E-state index is 0.189. The second kappa shape index (κ2) is 12.2. The van der Waals surface area contributed by atoms with Gasteiger partial charge in [-0.1, -0.05) is 69.6 Å². The molecule has 0 aliphatic carbocycles. The van der Waals surface area contributed by atoms with Crippen molar-refractivity contribution in [3.05, 3.63) is 0 Å². The van der Waals surface area contributed by atoms with E-state index < -0.39 is 42.3 Å². The van der Waals surface area contributed by atoms with E-state index in [1.54, 1.807) is 0 Å². The van der Waals surface area contributed by atoms with Crippen LogP contribution in [0.3, 0.4) is 0 Å². The number of hydrogen-bond acceptors (Lipinski definition) is 8. The van der Waals surface area contributed by atoms with Crippen molar-refractivity contribution in [3.8, 4) is 12.1 Å². The number of imide groups is 2. The molecule has 32 heavy (non-hydrogen) atoms. The molecule has 0 aliphatic rings. The first-order valence-corrected chi connectivity index (χ1v) is 10.7. The zero-order valence-electron chi connectivity index (χ0n) is 16.5. The number of nitrogens with zero attached hydrogens (tertiary/aromatic N) is 4. The van der Waals surface area contributed by atoms with Crippen LogP contribution in [0.1, 0.15) is 39.5 Å². The van der Waals surface area contributed by atoms with E-state index in [9.17, 15) is 29.7 Å². The Morgan fingerprint density at radius 3 is 1.22 bits per heavy atom. The van der Waals surface area contributed by atoms with Gasteiger partial charge in [-0.25, -0.2) is 0 Å². The minimum atomic E-state index is -2.34. The molecule has 0 aliphatic heterocycles. The molecule has 0 bridgehead atoms. The summed E-state index contributed by atoms with van der Waals surface area (Å²) in [5.74, 6) is -3.96. The Hall–Kier alpha value is -1.40. The molecule has 10 nitrogen and oxygen atoms in total. The third kappa shape index (κ3) is 11.5. The van der Waals surface area contributed by atoms with Gasteiger partial charge in [0.05, 0.1) is 12.1 Å². The van der Waals surface area contributed by atoms with Crippen LogP contribution < -0.4 is 10.6 Å². The highest BCUT2D eigenvalue weighted by Crippen LogP contribution is 2.27. The van der Waals surface area contributed by atoms with Crippen molar-refractivity contribution < 1.29 is 19.2 Å². The van der Waals surface area contributed by atoms with E-state index in [0.717, 1.165) is 0 Å². The predicted octanol–water partition coefficient (Wildman–Crippen LogP) is 3.59. The SMILES string of the molecule is CC(C#N)(CCC(=O)NC(=O)C(Cl)(Cl)Cl)N=NC(C)(C#N)CCC(=O)NC(=O)C(Cl)(Cl)Cl. The standard InChI is InChI=1S/C16H16Cl6N6O4/c1-13(7-23,5-3-9(29)25-11(31)15(17,18)19)27-28-14(2,8-24)6-4-10(30)26-12(32)16(20,21)22/h3-6H2,1-2H3,(H,25,29,31)(H,26,30,32). The van der Waals surface area contributed by atoms with Crippen LogP contribution in [0, 0.1) is 22.7 Å². The molecule has 0 aromatic heterocycles. The highest BCUT2D eigenvalue weighted by Gasteiger charge is 2.34. The van der Waals surface area contributed by atoms with Crippen molar-refractivity contribution >= 4 is 93.2 Å². The second-order valence-electron chi connectivity index (χ2n) is 6.72. The summed E-state index contributed by atoms with van der Waals surface area (Å²) in [5, 5.41) is 30.1. The second-order valence-corrected chi connectivity index (χ2v) is 11.3. The number of hydrogen-bond donors (Lipinski definition) is 2. The molecular formula is C16H16Cl6N6O4. The van der Waals surface area contributed by atoms with Gasteiger partial charge in [-0.2, -0.15) is 20.8 Å². The van der Waals surface area contributed by atoms with Gasteiger partial charge < -0.3 is 0 Å². The Balaban J connectivity index is 5.05. The summed E-state index contributed by atoms with van der Waals surface area (Å²) in [4.78, 5) is 46.6. The summed E-state index contributed by atoms with van der Waals surface area (Å²) >= 11 is 32.1. The maximum Gasteiger partial charge on any atom is 0.278 e. The fraction of sp³-hybridized carbons (Fsp3) is 0.625. The molecule has 4 amide bonds. The summed E-state index contributed by atoms with van der Waals surface area (Å²) in [6, 6.07) is 3.68. The van der Waals surface area contributed by atoms with Crippen molar-refractivity contribution in [2.45, 2.75) is 58.2 Å². The topological polar surface area (TPSA) is 165 Å². The average molecular weight is 569 g/mol. The monoisotopic (exact) mass is 566 g/mol. The van der Waals surface area contributed by atoms with Crippen molar-refractivity contribution in [1.29, 1.82) is 10.5 Å². The predicted molar refractivity (Wildman–Crippen MR) is 118 cm³/mol. The molecule has 0 heterocycles. The van der Waals surface area contributed by atoms with E-state index in [1.165, 1.54) is 13.8 Å². The number of alkyl halides is 6. The molecule has 2 atom stereocenters. The summed E-state index contributed by atoms with van der Waals surface area (Å²) < 4.78 is -4.67. The lowest BCUT2D eigenvalue weighted by atomic mass is 9.97. The number of azo groups is 1. The quantitative estimate of drug-likeness (QED) is 0.335. The fourth-order valence-electron chi connectivity index (χ4n) is 1.71. The van der Waals surface area contributed by atoms with E-state index in [1.807, 2.05) is 22.8 Å². The summed E-state index contributed by atoms with van der Waals surface area (Å²) in [6.07, 6.45) is -1.07. The van der Waals surface area contributed by atoms with Gasteiger partial charge in [-0.05, 0) is 26.7 Å². The molecule has 0 saturated heterocycles. The lowest BCUT2D eigenvalue weighted by molar-refractivity contribution is -0.131. The first-order chi connectivity index (χ1) is 14.4. The van der Waals surface area contributed by atoms with E-state index >= 15 is 0 Å². The Bertz CT molecular complexity index is 802. The third-order valence-corrected chi connectivity index (χ3v) is 4.70. The molecule has 0 spiro atoms. The highest BCUT2D eigenvalue weighted by atomic mass is 35.6. The summed E-state index contributed by atoms with van der Waals surface area (Å²) in [6.45, 7) is 2.68. The molecule has 0 aromatic rings. The molecule has 0 saturated carbocycles. The number of nitriles is 2. The van der Waals surface area contributed by atoms with Gasteiger partial charge in [0.15, 0.2) is 11.1 Å². The van der Waals surface area contributed by atoms with E-state index in [-0.39, 0.29) is 25.7 Å². The smallest absolute Gasteiger partial charge is 0.278 e. The Morgan fingerprint density at radius 2 is 1.00 bits per heavy atom. The zero-order chi connectivity index (χ0) is 25.4. The Labute approximate surface area is 213 Å². The largest absolute Gasteiger partial charge is 0.293 e. The van der Waals surface area contributed by atoms with Crippen molar-refractivity contribution in [2.75, 3.05) is 0 Å². The van der Waals surface area contributed by atoms with Crippen LogP contribution in [-0.2, 0) is 19.2 Å². The van der Waals surface area contributed by atoms with E-state index in [4.69, 9.17) is 69.6 Å². The summed E-state index contributed by atoms with van der Waals surface area (Å²) in [7, 11) is 0. The Kier molecular flexibility index (Phi) is 11.6. The van der Waals surface area contributed by atoms with E-state index in [2.05, 4.69) is 10.2 Å². The molecule has 0 radical (unpaired) electrons. The van der Waals surface area contributed by atoms with Crippen molar-refractivity contribution in [3.63, 3.8) is 0 Å². The first-order valence-electron chi connectivity index (χ1n) is 8.46. The van der Waals surface area contributed by atoms with Gasteiger partial charge in [-0.15, -0.1) is 0 Å². The molecule has 176 valence electrons. The van der Waals surface area contributed by atoms with E-state index in [0.29, 0.717) is 0 Å². The van der Waals surface area contributed by atoms with Crippen LogP contribution in [0.5, 0.6) is 0 Å². The number of rotatable bonds is 8. The number of carbonyl (C=O) groups is 4. The van der Waals surface area contributed by atoms with Gasteiger partial charge in [0.2, 0.25) is 11.8 Å². The van der Waals surface area contributed by atoms with Crippen LogP contribution in [0.15, 0.2) is 10.2 Å². The van der Waals surface area contributed by atoms with Crippen molar-refractivity contribution in [1.82, 2.24) is 10.6 Å². The van der Waals surface area contributed by atoms with Crippen LogP contribution in [0.25, 0.3) is 0 Å². The van der Waals surface area contributed by atoms with Gasteiger partial charge in [0, 0.05) is 12.8 Å². The van der Waals surface area contributed by atoms with Crippen LogP contribution in [0.2, 0.25) is 0 Å². The van der Waals surface area contributed by atoms with Crippen LogP contribution >= 0.6 is 69.6 Å². The van der Waals surface area contributed by atoms with Crippen LogP contribution in [-0.4, -0.2) is 42.3 Å². The summed E-state index contributed by atoms with van der Waals surface area (Å²) in [5.41, 5.74) is -3.10. The molecular weight excluding hydrogens is 553 g/mol. The molecule has 2 unspecified atom stereocenters. The van der Waals surface area contributed by atoms with Gasteiger partial charge in [-0.3, -0.25) is 29.8 Å². The Morgan fingerprint density at radius 1 is 0.719 bits per heavy atom. The average Bonchev–Trinajstić information content (AvgIpc) is 2.67. The fourth-order valence-corrected chi connectivity index (χ4v) is 1.99.